The molecule has 0 fully saturated rings. The van der Waals surface area contributed by atoms with Crippen LogP contribution in [-0.2, 0) is 26.2 Å². The molecule has 0 aliphatic rings. The van der Waals surface area contributed by atoms with E-state index < -0.39 is 28.5 Å². The van der Waals surface area contributed by atoms with E-state index in [1.807, 2.05) is 13.0 Å². The number of ether oxygens (including phenoxy) is 2. The van der Waals surface area contributed by atoms with Gasteiger partial charge in [0.15, 0.2) is 0 Å². The van der Waals surface area contributed by atoms with Crippen molar-refractivity contribution >= 4 is 43.5 Å². The smallest absolute Gasteiger partial charge is 0.264 e. The number of amides is 2. The lowest BCUT2D eigenvalue weighted by atomic mass is 10.1. The summed E-state index contributed by atoms with van der Waals surface area (Å²) in [7, 11) is -2.62. The third kappa shape index (κ3) is 7.76. The maximum Gasteiger partial charge on any atom is 0.264 e. The Kier molecular flexibility index (Phi) is 11.0. The van der Waals surface area contributed by atoms with Gasteiger partial charge < -0.3 is 19.7 Å². The second kappa shape index (κ2) is 14.2. The number of anilines is 1. The summed E-state index contributed by atoms with van der Waals surface area (Å²) in [6.07, 6.45) is 0. The average molecular weight is 633 g/mol. The van der Waals surface area contributed by atoms with Gasteiger partial charge in [-0.2, -0.15) is 0 Å². The largest absolute Gasteiger partial charge is 0.497 e. The molecule has 0 unspecified atom stereocenters. The molecule has 0 aromatic heterocycles. The summed E-state index contributed by atoms with van der Waals surface area (Å²) >= 11 is 3.33. The second-order valence-electron chi connectivity index (χ2n) is 8.84. The van der Waals surface area contributed by atoms with Gasteiger partial charge in [-0.05, 0) is 87.0 Å². The highest BCUT2D eigenvalue weighted by Crippen LogP contribution is 2.27. The first kappa shape index (κ1) is 31.0. The van der Waals surface area contributed by atoms with Crippen LogP contribution in [-0.4, -0.2) is 58.0 Å². The Bertz CT molecular complexity index is 1400. The molecule has 1 atom stereocenters. The van der Waals surface area contributed by atoms with Crippen LogP contribution in [0.5, 0.6) is 11.5 Å². The molecule has 40 heavy (non-hydrogen) atoms. The molecule has 0 heterocycles. The van der Waals surface area contributed by atoms with Gasteiger partial charge in [-0.3, -0.25) is 13.9 Å². The Labute approximate surface area is 244 Å². The molecule has 0 aliphatic carbocycles. The molecular formula is C29H34BrN3O6S. The first-order valence-electron chi connectivity index (χ1n) is 12.8. The van der Waals surface area contributed by atoms with Gasteiger partial charge in [0.2, 0.25) is 11.8 Å². The lowest BCUT2D eigenvalue weighted by Gasteiger charge is -2.32. The van der Waals surface area contributed by atoms with Gasteiger partial charge in [0.1, 0.15) is 24.1 Å². The van der Waals surface area contributed by atoms with Crippen molar-refractivity contribution in [3.8, 4) is 11.5 Å². The van der Waals surface area contributed by atoms with Gasteiger partial charge in [-0.15, -0.1) is 0 Å². The Morgan fingerprint density at radius 3 is 2.25 bits per heavy atom. The first-order valence-corrected chi connectivity index (χ1v) is 15.0. The minimum atomic E-state index is -4.16. The summed E-state index contributed by atoms with van der Waals surface area (Å²) < 4.78 is 40.3. The second-order valence-corrected chi connectivity index (χ2v) is 11.6. The lowest BCUT2D eigenvalue weighted by molar-refractivity contribution is -0.139. The molecule has 3 aromatic rings. The van der Waals surface area contributed by atoms with Crippen LogP contribution in [0.15, 0.2) is 82.2 Å². The van der Waals surface area contributed by atoms with Crippen LogP contribution in [0.4, 0.5) is 5.69 Å². The molecule has 0 radical (unpaired) electrons. The van der Waals surface area contributed by atoms with Crippen molar-refractivity contribution in [2.75, 3.05) is 31.1 Å². The normalized spacial score (nSPS) is 11.8. The number of carbonyl (C=O) groups is 2. The number of hydrogen-bond donors (Lipinski definition) is 1. The highest BCUT2D eigenvalue weighted by Gasteiger charge is 2.32. The predicted octanol–water partition coefficient (Wildman–Crippen LogP) is 4.61. The number of rotatable bonds is 13. The van der Waals surface area contributed by atoms with Crippen molar-refractivity contribution in [3.63, 3.8) is 0 Å². The fourth-order valence-electron chi connectivity index (χ4n) is 4.01. The molecule has 0 bridgehead atoms. The molecule has 1 N–H and O–H groups in total. The van der Waals surface area contributed by atoms with Gasteiger partial charge in [0, 0.05) is 17.6 Å². The van der Waals surface area contributed by atoms with Gasteiger partial charge in [0.05, 0.1) is 24.3 Å². The number of hydrogen-bond acceptors (Lipinski definition) is 6. The van der Waals surface area contributed by atoms with E-state index in [4.69, 9.17) is 9.47 Å². The average Bonchev–Trinajstić information content (AvgIpc) is 2.95. The summed E-state index contributed by atoms with van der Waals surface area (Å²) in [5.41, 5.74) is 1.01. The standard InChI is InChI=1S/C29H34BrN3O6S/c1-5-31-29(35)21(3)32(19-22-8-7-9-26(18-22)38-4)28(34)20-33(24-12-14-25(15-13-24)39-6-2)40(36,37)27-16-10-23(30)11-17-27/h7-18,21H,5-6,19-20H2,1-4H3,(H,31,35)/t21-/m0/s1. The van der Waals surface area contributed by atoms with E-state index in [1.54, 1.807) is 75.6 Å². The minimum absolute atomic E-state index is 0.0218. The zero-order chi connectivity index (χ0) is 29.3. The molecule has 214 valence electrons. The highest BCUT2D eigenvalue weighted by atomic mass is 79.9. The Morgan fingerprint density at radius 2 is 1.65 bits per heavy atom. The molecule has 11 heteroatoms. The monoisotopic (exact) mass is 631 g/mol. The fourth-order valence-corrected chi connectivity index (χ4v) is 5.69. The number of nitrogens with one attached hydrogen (secondary N) is 1. The number of nitrogens with zero attached hydrogens (tertiary/aromatic N) is 2. The van der Waals surface area contributed by atoms with Crippen LogP contribution in [0.1, 0.15) is 26.3 Å². The zero-order valence-electron chi connectivity index (χ0n) is 23.0. The van der Waals surface area contributed by atoms with Crippen LogP contribution in [0, 0.1) is 0 Å². The maximum atomic E-state index is 13.9. The quantitative estimate of drug-likeness (QED) is 0.295. The van der Waals surface area contributed by atoms with Crippen LogP contribution < -0.4 is 19.1 Å². The number of methoxy groups -OCH3 is 1. The van der Waals surface area contributed by atoms with E-state index in [2.05, 4.69) is 21.2 Å². The van der Waals surface area contributed by atoms with Crippen LogP contribution in [0.25, 0.3) is 0 Å². The fraction of sp³-hybridized carbons (Fsp3) is 0.310. The summed E-state index contributed by atoms with van der Waals surface area (Å²) in [6.45, 7) is 5.65. The van der Waals surface area contributed by atoms with Gasteiger partial charge in [-0.1, -0.05) is 28.1 Å². The van der Waals surface area contributed by atoms with E-state index in [0.717, 1.165) is 14.3 Å². The summed E-state index contributed by atoms with van der Waals surface area (Å²) in [6, 6.07) is 19.0. The molecule has 0 saturated heterocycles. The highest BCUT2D eigenvalue weighted by molar-refractivity contribution is 9.10. The maximum absolute atomic E-state index is 13.9. The van der Waals surface area contributed by atoms with Crippen molar-refractivity contribution in [2.45, 2.75) is 38.3 Å². The molecular weight excluding hydrogens is 598 g/mol. The van der Waals surface area contributed by atoms with E-state index in [0.29, 0.717) is 24.7 Å². The number of sulfonamides is 1. The predicted molar refractivity (Wildman–Crippen MR) is 158 cm³/mol. The van der Waals surface area contributed by atoms with E-state index in [-0.39, 0.29) is 23.0 Å². The SMILES string of the molecule is CCNC(=O)[C@H](C)N(Cc1cccc(OC)c1)C(=O)CN(c1ccc(OCC)cc1)S(=O)(=O)c1ccc(Br)cc1. The number of benzene rings is 3. The Balaban J connectivity index is 2.03. The molecule has 0 aliphatic heterocycles. The zero-order valence-corrected chi connectivity index (χ0v) is 25.4. The molecule has 3 aromatic carbocycles. The van der Waals surface area contributed by atoms with Gasteiger partial charge >= 0.3 is 0 Å². The van der Waals surface area contributed by atoms with Crippen molar-refractivity contribution in [1.29, 1.82) is 0 Å². The summed E-state index contributed by atoms with van der Waals surface area (Å²) in [5, 5.41) is 2.75. The number of halogens is 1. The van der Waals surface area contributed by atoms with E-state index in [9.17, 15) is 18.0 Å². The van der Waals surface area contributed by atoms with Crippen LogP contribution >= 0.6 is 15.9 Å². The Hall–Kier alpha value is -3.57. The first-order chi connectivity index (χ1) is 19.1. The van der Waals surface area contributed by atoms with Crippen molar-refractivity contribution in [3.05, 3.63) is 82.8 Å². The Morgan fingerprint density at radius 1 is 0.975 bits per heavy atom. The van der Waals surface area contributed by atoms with E-state index >= 15 is 0 Å². The molecule has 3 rings (SSSR count). The third-order valence-corrected chi connectivity index (χ3v) is 8.44. The van der Waals surface area contributed by atoms with Crippen molar-refractivity contribution in [1.82, 2.24) is 10.2 Å². The molecule has 2 amide bonds. The topological polar surface area (TPSA) is 105 Å². The molecule has 9 nitrogen and oxygen atoms in total. The summed E-state index contributed by atoms with van der Waals surface area (Å²) in [5.74, 6) is 0.283. The number of carbonyl (C=O) groups excluding carboxylic acids is 2. The van der Waals surface area contributed by atoms with Gasteiger partial charge in [-0.25, -0.2) is 8.42 Å². The molecule has 0 saturated carbocycles. The van der Waals surface area contributed by atoms with Crippen LogP contribution in [0.2, 0.25) is 0 Å². The van der Waals surface area contributed by atoms with Crippen molar-refractivity contribution < 1.29 is 27.5 Å². The minimum Gasteiger partial charge on any atom is -0.497 e. The summed E-state index contributed by atoms with van der Waals surface area (Å²) in [4.78, 5) is 28.1. The van der Waals surface area contributed by atoms with Crippen molar-refractivity contribution in [2.24, 2.45) is 0 Å². The number of likely N-dealkylation sites (N-methyl/N-ethyl adjacent to an activating group) is 1. The molecule has 0 spiro atoms. The van der Waals surface area contributed by atoms with Crippen LogP contribution in [0.3, 0.4) is 0 Å². The third-order valence-electron chi connectivity index (χ3n) is 6.12. The lowest BCUT2D eigenvalue weighted by Crippen LogP contribution is -2.51. The van der Waals surface area contributed by atoms with E-state index in [1.165, 1.54) is 17.0 Å². The van der Waals surface area contributed by atoms with Gasteiger partial charge in [0.25, 0.3) is 10.0 Å².